The first-order chi connectivity index (χ1) is 8.32. The minimum Gasteiger partial charge on any atom is -0.376 e. The summed E-state index contributed by atoms with van der Waals surface area (Å²) >= 11 is 3.40. The van der Waals surface area contributed by atoms with Gasteiger partial charge >= 0.3 is 0 Å². The topological polar surface area (TPSA) is 78.0 Å². The number of hydrogen-bond acceptors (Lipinski definition) is 5. The molecule has 18 heavy (non-hydrogen) atoms. The molecule has 1 heterocycles. The largest absolute Gasteiger partial charge is 0.376 e. The van der Waals surface area contributed by atoms with Crippen LogP contribution in [0.4, 0.5) is 0 Å². The van der Waals surface area contributed by atoms with Crippen LogP contribution in [0.5, 0.6) is 0 Å². The van der Waals surface area contributed by atoms with E-state index in [0.717, 1.165) is 5.69 Å². The lowest BCUT2D eigenvalue weighted by Crippen LogP contribution is -2.45. The number of ether oxygens (including phenoxy) is 1. The van der Waals surface area contributed by atoms with Gasteiger partial charge in [0.05, 0.1) is 17.8 Å². The normalized spacial score (nSPS) is 15.7. The summed E-state index contributed by atoms with van der Waals surface area (Å²) in [5.74, 6) is 5.71. The van der Waals surface area contributed by atoms with Gasteiger partial charge < -0.3 is 4.74 Å². The average Bonchev–Trinajstić information content (AvgIpc) is 2.59. The molecule has 0 radical (unpaired) electrons. The summed E-state index contributed by atoms with van der Waals surface area (Å²) in [4.78, 5) is 0. The molecule has 6 nitrogen and oxygen atoms in total. The van der Waals surface area contributed by atoms with Gasteiger partial charge in [0.25, 0.3) is 0 Å². The van der Waals surface area contributed by atoms with E-state index in [2.05, 4.69) is 52.4 Å². The van der Waals surface area contributed by atoms with E-state index in [0.29, 0.717) is 11.2 Å². The molecule has 0 spiro atoms. The van der Waals surface area contributed by atoms with Crippen molar-refractivity contribution in [2.75, 3.05) is 6.61 Å². The van der Waals surface area contributed by atoms with E-state index >= 15 is 0 Å². The van der Waals surface area contributed by atoms with Crippen LogP contribution in [0, 0.1) is 5.41 Å². The molecule has 0 saturated carbocycles. The van der Waals surface area contributed by atoms with Gasteiger partial charge in [-0.3, -0.25) is 5.84 Å². The number of hydrazine groups is 1. The smallest absolute Gasteiger partial charge is 0.153 e. The molecule has 2 unspecified atom stereocenters. The number of hydrogen-bond donors (Lipinski definition) is 2. The van der Waals surface area contributed by atoms with Gasteiger partial charge in [-0.1, -0.05) is 26.0 Å². The molecule has 0 saturated heterocycles. The Bertz CT molecular complexity index is 368. The van der Waals surface area contributed by atoms with Gasteiger partial charge in [0.1, 0.15) is 0 Å². The lowest BCUT2D eigenvalue weighted by atomic mass is 9.83. The third-order valence-corrected chi connectivity index (χ3v) is 3.37. The molecule has 104 valence electrons. The van der Waals surface area contributed by atoms with Crippen LogP contribution in [0.3, 0.4) is 0 Å². The second-order valence-corrected chi connectivity index (χ2v) is 6.03. The maximum atomic E-state index is 5.86. The quantitative estimate of drug-likeness (QED) is 0.635. The molecule has 1 aromatic rings. The Balaban J connectivity index is 3.14. The molecule has 0 fully saturated rings. The number of nitrogens with zero attached hydrogens (tertiary/aromatic N) is 3. The van der Waals surface area contributed by atoms with Gasteiger partial charge in [-0.25, -0.2) is 10.1 Å². The van der Waals surface area contributed by atoms with Gasteiger partial charge in [-0.05, 0) is 28.3 Å². The van der Waals surface area contributed by atoms with Crippen LogP contribution in [0.2, 0.25) is 0 Å². The fourth-order valence-corrected chi connectivity index (χ4v) is 2.58. The van der Waals surface area contributed by atoms with Crippen molar-refractivity contribution in [3.63, 3.8) is 0 Å². The molecule has 0 aromatic carbocycles. The molecule has 3 N–H and O–H groups in total. The average molecular weight is 320 g/mol. The molecule has 7 heteroatoms. The number of rotatable bonds is 5. The molecule has 0 aliphatic carbocycles. The summed E-state index contributed by atoms with van der Waals surface area (Å²) in [6.07, 6.45) is -0.0824. The summed E-state index contributed by atoms with van der Waals surface area (Å²) in [6, 6.07) is -0.181. The van der Waals surface area contributed by atoms with Gasteiger partial charge in [-0.2, -0.15) is 0 Å². The first kappa shape index (κ1) is 15.6. The summed E-state index contributed by atoms with van der Waals surface area (Å²) in [5.41, 5.74) is 3.64. The van der Waals surface area contributed by atoms with E-state index < -0.39 is 0 Å². The van der Waals surface area contributed by atoms with Crippen LogP contribution in [0.15, 0.2) is 4.60 Å². The number of halogens is 1. The number of aryl methyl sites for hydroxylation is 1. The molecule has 2 atom stereocenters. The lowest BCUT2D eigenvalue weighted by Gasteiger charge is -2.36. The fourth-order valence-electron chi connectivity index (χ4n) is 2.00. The van der Waals surface area contributed by atoms with Crippen molar-refractivity contribution in [2.45, 2.75) is 39.8 Å². The van der Waals surface area contributed by atoms with Crippen LogP contribution in [-0.4, -0.2) is 27.7 Å². The van der Waals surface area contributed by atoms with E-state index in [9.17, 15) is 0 Å². The maximum Gasteiger partial charge on any atom is 0.153 e. The highest BCUT2D eigenvalue weighted by atomic mass is 79.9. The monoisotopic (exact) mass is 319 g/mol. The van der Waals surface area contributed by atoms with Crippen molar-refractivity contribution >= 4 is 15.9 Å². The van der Waals surface area contributed by atoms with Crippen LogP contribution in [0.1, 0.15) is 39.4 Å². The van der Waals surface area contributed by atoms with Crippen LogP contribution in [-0.2, 0) is 11.8 Å². The summed E-state index contributed by atoms with van der Waals surface area (Å²) in [5, 5.41) is 7.97. The molecule has 0 aliphatic heterocycles. The maximum absolute atomic E-state index is 5.86. The highest BCUT2D eigenvalue weighted by Crippen LogP contribution is 2.34. The Morgan fingerprint density at radius 3 is 2.44 bits per heavy atom. The van der Waals surface area contributed by atoms with Crippen molar-refractivity contribution in [2.24, 2.45) is 18.3 Å². The molecular weight excluding hydrogens is 298 g/mol. The minimum atomic E-state index is -0.181. The van der Waals surface area contributed by atoms with E-state index in [1.54, 1.807) is 4.68 Å². The lowest BCUT2D eigenvalue weighted by molar-refractivity contribution is -0.0384. The van der Waals surface area contributed by atoms with E-state index in [4.69, 9.17) is 10.6 Å². The third kappa shape index (κ3) is 3.28. The minimum absolute atomic E-state index is 0.0588. The predicted octanol–water partition coefficient (Wildman–Crippen LogP) is 1.53. The van der Waals surface area contributed by atoms with Gasteiger partial charge in [0, 0.05) is 13.7 Å². The second-order valence-electron chi connectivity index (χ2n) is 5.28. The fraction of sp³-hybridized carbons (Fsp3) is 0.818. The Morgan fingerprint density at radius 2 is 2.11 bits per heavy atom. The van der Waals surface area contributed by atoms with E-state index in [1.165, 1.54) is 0 Å². The zero-order valence-corrected chi connectivity index (χ0v) is 13.2. The molecule has 1 rings (SSSR count). The number of aromatic nitrogens is 3. The van der Waals surface area contributed by atoms with Gasteiger partial charge in [0.15, 0.2) is 4.60 Å². The Hall–Kier alpha value is -0.500. The van der Waals surface area contributed by atoms with Crippen LogP contribution in [0.25, 0.3) is 0 Å². The van der Waals surface area contributed by atoms with Gasteiger partial charge in [0.2, 0.25) is 0 Å². The number of nitrogens with two attached hydrogens (primary N) is 1. The third-order valence-electron chi connectivity index (χ3n) is 2.80. The highest BCUT2D eigenvalue weighted by molar-refractivity contribution is 9.10. The van der Waals surface area contributed by atoms with Crippen molar-refractivity contribution in [3.05, 3.63) is 10.3 Å². The van der Waals surface area contributed by atoms with Crippen molar-refractivity contribution in [1.29, 1.82) is 0 Å². The summed E-state index contributed by atoms with van der Waals surface area (Å²) in [6.45, 7) is 8.96. The standard InChI is InChI=1S/C11H22BrN5O/c1-6-18-9(11(2,3)4)7(14-13)8-10(12)15-16-17(8)5/h7,9,14H,6,13H2,1-5H3. The molecule has 0 aliphatic rings. The number of nitrogens with one attached hydrogen (secondary N) is 1. The van der Waals surface area contributed by atoms with Crippen LogP contribution >= 0.6 is 15.9 Å². The summed E-state index contributed by atoms with van der Waals surface area (Å²) in [7, 11) is 1.84. The molecule has 0 bridgehead atoms. The molecule has 0 amide bonds. The first-order valence-corrected chi connectivity index (χ1v) is 6.75. The van der Waals surface area contributed by atoms with Gasteiger partial charge in [-0.15, -0.1) is 5.10 Å². The second kappa shape index (κ2) is 6.10. The SMILES string of the molecule is CCOC(C(NN)c1c(Br)nnn1C)C(C)(C)C. The van der Waals surface area contributed by atoms with E-state index in [1.807, 2.05) is 14.0 Å². The van der Waals surface area contributed by atoms with Crippen molar-refractivity contribution in [3.8, 4) is 0 Å². The zero-order chi connectivity index (χ0) is 13.9. The molecular formula is C11H22BrN5O. The Kier molecular flexibility index (Phi) is 5.27. The first-order valence-electron chi connectivity index (χ1n) is 5.95. The predicted molar refractivity (Wildman–Crippen MR) is 73.6 cm³/mol. The Labute approximate surface area is 116 Å². The zero-order valence-electron chi connectivity index (χ0n) is 11.6. The van der Waals surface area contributed by atoms with Crippen LogP contribution < -0.4 is 11.3 Å². The van der Waals surface area contributed by atoms with Crippen molar-refractivity contribution < 1.29 is 4.74 Å². The molecule has 1 aromatic heterocycles. The highest BCUT2D eigenvalue weighted by Gasteiger charge is 2.36. The Morgan fingerprint density at radius 1 is 1.50 bits per heavy atom. The summed E-state index contributed by atoms with van der Waals surface area (Å²) < 4.78 is 8.24. The van der Waals surface area contributed by atoms with Crippen molar-refractivity contribution in [1.82, 2.24) is 20.4 Å². The van der Waals surface area contributed by atoms with E-state index in [-0.39, 0.29) is 17.6 Å².